The lowest BCUT2D eigenvalue weighted by molar-refractivity contribution is 0.430. The predicted molar refractivity (Wildman–Crippen MR) is 80.6 cm³/mol. The third kappa shape index (κ3) is 1.87. The van der Waals surface area contributed by atoms with Crippen LogP contribution in [-0.2, 0) is 0 Å². The summed E-state index contributed by atoms with van der Waals surface area (Å²) in [5.74, 6) is 1.42. The molecule has 3 aromatic rings. The van der Waals surface area contributed by atoms with Crippen LogP contribution in [0.2, 0.25) is 0 Å². The van der Waals surface area contributed by atoms with Crippen molar-refractivity contribution in [2.45, 2.75) is 5.92 Å². The molecule has 0 amide bonds. The molecule has 1 saturated heterocycles. The van der Waals surface area contributed by atoms with Gasteiger partial charge in [0.2, 0.25) is 0 Å². The summed E-state index contributed by atoms with van der Waals surface area (Å²) in [5, 5.41) is 5.76. The molecule has 1 fully saturated rings. The fraction of sp³-hybridized carbons (Fsp3) is 0.176. The van der Waals surface area contributed by atoms with Gasteiger partial charge in [-0.25, -0.2) is 9.97 Å². The second-order valence-electron chi connectivity index (χ2n) is 5.18. The van der Waals surface area contributed by atoms with Crippen molar-refractivity contribution in [1.29, 1.82) is 0 Å². The summed E-state index contributed by atoms with van der Waals surface area (Å²) in [6.45, 7) is 1.97. The molecule has 0 saturated carbocycles. The highest BCUT2D eigenvalue weighted by Gasteiger charge is 2.22. The second-order valence-corrected chi connectivity index (χ2v) is 5.18. The van der Waals surface area contributed by atoms with Gasteiger partial charge in [0.1, 0.15) is 5.82 Å². The molecule has 4 rings (SSSR count). The molecule has 1 N–H and O–H groups in total. The molecule has 0 aliphatic carbocycles. The van der Waals surface area contributed by atoms with Crippen LogP contribution in [-0.4, -0.2) is 23.1 Å². The van der Waals surface area contributed by atoms with E-state index in [0.29, 0.717) is 5.92 Å². The number of hydrogen-bond donors (Lipinski definition) is 1. The first kappa shape index (κ1) is 11.6. The summed E-state index contributed by atoms with van der Waals surface area (Å²) >= 11 is 0. The van der Waals surface area contributed by atoms with E-state index in [1.807, 2.05) is 12.3 Å². The molecule has 2 heterocycles. The third-order valence-corrected chi connectivity index (χ3v) is 3.89. The molecule has 1 aliphatic rings. The maximum absolute atomic E-state index is 4.76. The topological polar surface area (TPSA) is 37.8 Å². The van der Waals surface area contributed by atoms with Gasteiger partial charge in [-0.2, -0.15) is 0 Å². The van der Waals surface area contributed by atoms with Crippen molar-refractivity contribution >= 4 is 10.8 Å². The van der Waals surface area contributed by atoms with Gasteiger partial charge in [0.25, 0.3) is 0 Å². The van der Waals surface area contributed by atoms with Crippen molar-refractivity contribution in [3.05, 3.63) is 60.6 Å². The van der Waals surface area contributed by atoms with Gasteiger partial charge >= 0.3 is 0 Å². The Morgan fingerprint density at radius 2 is 1.80 bits per heavy atom. The second kappa shape index (κ2) is 4.69. The molecule has 1 aliphatic heterocycles. The Labute approximate surface area is 117 Å². The minimum absolute atomic E-state index is 0.463. The van der Waals surface area contributed by atoms with Crippen molar-refractivity contribution in [1.82, 2.24) is 15.3 Å². The molecule has 98 valence electrons. The van der Waals surface area contributed by atoms with Crippen LogP contribution < -0.4 is 5.32 Å². The molecule has 0 atom stereocenters. The average molecular weight is 261 g/mol. The van der Waals surface area contributed by atoms with E-state index >= 15 is 0 Å². The van der Waals surface area contributed by atoms with Crippen LogP contribution >= 0.6 is 0 Å². The van der Waals surface area contributed by atoms with Gasteiger partial charge in [0.05, 0.1) is 5.69 Å². The summed E-state index contributed by atoms with van der Waals surface area (Å²) in [6.07, 6.45) is 1.87. The van der Waals surface area contributed by atoms with E-state index in [-0.39, 0.29) is 0 Å². The van der Waals surface area contributed by atoms with Crippen molar-refractivity contribution in [2.24, 2.45) is 0 Å². The van der Waals surface area contributed by atoms with E-state index in [1.165, 1.54) is 16.3 Å². The summed E-state index contributed by atoms with van der Waals surface area (Å²) in [5.41, 5.74) is 2.19. The van der Waals surface area contributed by atoms with Crippen molar-refractivity contribution < 1.29 is 0 Å². The summed E-state index contributed by atoms with van der Waals surface area (Å²) in [4.78, 5) is 9.18. The highest BCUT2D eigenvalue weighted by Crippen LogP contribution is 2.28. The molecule has 0 bridgehead atoms. The summed E-state index contributed by atoms with van der Waals surface area (Å²) < 4.78 is 0. The highest BCUT2D eigenvalue weighted by atomic mass is 15.0. The largest absolute Gasteiger partial charge is 0.315 e. The van der Waals surface area contributed by atoms with Crippen LogP contribution in [0.5, 0.6) is 0 Å². The van der Waals surface area contributed by atoms with Crippen LogP contribution in [0.4, 0.5) is 0 Å². The minimum Gasteiger partial charge on any atom is -0.315 e. The number of benzene rings is 2. The summed E-state index contributed by atoms with van der Waals surface area (Å²) in [7, 11) is 0. The Morgan fingerprint density at radius 1 is 0.950 bits per heavy atom. The zero-order valence-corrected chi connectivity index (χ0v) is 11.1. The van der Waals surface area contributed by atoms with Gasteiger partial charge < -0.3 is 5.32 Å². The number of aromatic nitrogens is 2. The number of nitrogens with one attached hydrogen (secondary N) is 1. The predicted octanol–water partition coefficient (Wildman–Crippen LogP) is 2.98. The van der Waals surface area contributed by atoms with Gasteiger partial charge in [-0.3, -0.25) is 0 Å². The van der Waals surface area contributed by atoms with E-state index in [4.69, 9.17) is 4.98 Å². The third-order valence-electron chi connectivity index (χ3n) is 3.89. The lowest BCUT2D eigenvalue weighted by atomic mass is 10.0. The van der Waals surface area contributed by atoms with E-state index in [0.717, 1.165) is 24.6 Å². The average Bonchev–Trinajstić information content (AvgIpc) is 2.45. The molecule has 3 heteroatoms. The smallest absolute Gasteiger partial charge is 0.134 e. The van der Waals surface area contributed by atoms with Crippen LogP contribution in [0.25, 0.3) is 22.0 Å². The molecule has 0 spiro atoms. The molecule has 3 nitrogen and oxygen atoms in total. The molecular formula is C17H15N3. The van der Waals surface area contributed by atoms with Gasteiger partial charge in [-0.05, 0) is 16.8 Å². The lowest BCUT2D eigenvalue weighted by Crippen LogP contribution is -2.40. The molecule has 0 unspecified atom stereocenters. The number of fused-ring (bicyclic) bond motifs is 1. The van der Waals surface area contributed by atoms with E-state index < -0.39 is 0 Å². The standard InChI is InChI=1S/C17H15N3/c1-2-6-14-12(4-1)5-3-7-15(14)16-8-9-19-17(20-16)13-10-18-11-13/h1-9,13,18H,10-11H2. The fourth-order valence-electron chi connectivity index (χ4n) is 2.64. The van der Waals surface area contributed by atoms with Gasteiger partial charge in [-0.1, -0.05) is 42.5 Å². The van der Waals surface area contributed by atoms with Crippen molar-refractivity contribution in [2.75, 3.05) is 13.1 Å². The van der Waals surface area contributed by atoms with Gasteiger partial charge in [0, 0.05) is 30.8 Å². The van der Waals surface area contributed by atoms with E-state index in [9.17, 15) is 0 Å². The zero-order valence-electron chi connectivity index (χ0n) is 11.1. The summed E-state index contributed by atoms with van der Waals surface area (Å²) in [6, 6.07) is 16.8. The van der Waals surface area contributed by atoms with Crippen LogP contribution in [0.1, 0.15) is 11.7 Å². The number of hydrogen-bond acceptors (Lipinski definition) is 3. The SMILES string of the molecule is c1ccc2c(-c3ccnc(C4CNC4)n3)cccc2c1. The van der Waals surface area contributed by atoms with E-state index in [1.54, 1.807) is 0 Å². The van der Waals surface area contributed by atoms with Crippen molar-refractivity contribution in [3.63, 3.8) is 0 Å². The van der Waals surface area contributed by atoms with Crippen molar-refractivity contribution in [3.8, 4) is 11.3 Å². The Hall–Kier alpha value is -2.26. The first-order chi connectivity index (χ1) is 9.92. The Bertz CT molecular complexity index is 758. The minimum atomic E-state index is 0.463. The van der Waals surface area contributed by atoms with Gasteiger partial charge in [0.15, 0.2) is 0 Å². The van der Waals surface area contributed by atoms with Crippen LogP contribution in [0, 0.1) is 0 Å². The zero-order chi connectivity index (χ0) is 13.4. The Kier molecular flexibility index (Phi) is 2.71. The van der Waals surface area contributed by atoms with E-state index in [2.05, 4.69) is 52.8 Å². The molecule has 2 aromatic carbocycles. The Balaban J connectivity index is 1.86. The fourth-order valence-corrected chi connectivity index (χ4v) is 2.64. The lowest BCUT2D eigenvalue weighted by Gasteiger charge is -2.25. The number of nitrogens with zero attached hydrogens (tertiary/aromatic N) is 2. The molecule has 1 aromatic heterocycles. The highest BCUT2D eigenvalue weighted by molar-refractivity contribution is 5.95. The normalized spacial score (nSPS) is 15.2. The quantitative estimate of drug-likeness (QED) is 0.770. The molecule has 0 radical (unpaired) electrons. The molecule has 20 heavy (non-hydrogen) atoms. The monoisotopic (exact) mass is 261 g/mol. The first-order valence-corrected chi connectivity index (χ1v) is 6.93. The maximum atomic E-state index is 4.76. The van der Waals surface area contributed by atoms with Crippen LogP contribution in [0.3, 0.4) is 0 Å². The van der Waals surface area contributed by atoms with Gasteiger partial charge in [-0.15, -0.1) is 0 Å². The van der Waals surface area contributed by atoms with Crippen LogP contribution in [0.15, 0.2) is 54.7 Å². The maximum Gasteiger partial charge on any atom is 0.134 e. The number of rotatable bonds is 2. The molecular weight excluding hydrogens is 246 g/mol. The first-order valence-electron chi connectivity index (χ1n) is 6.93. The Morgan fingerprint density at radius 3 is 2.65 bits per heavy atom.